The van der Waals surface area contributed by atoms with Crippen LogP contribution in [0.15, 0.2) is 133 Å². The lowest BCUT2D eigenvalue weighted by molar-refractivity contribution is -0.384. The Balaban J connectivity index is 0.949. The zero-order valence-corrected chi connectivity index (χ0v) is 55.7. The number of hydrogen-bond donors (Lipinski definition) is 2. The maximum absolute atomic E-state index is 11.5. The maximum Gasteiger partial charge on any atom is 0.269 e. The van der Waals surface area contributed by atoms with Crippen LogP contribution >= 0.6 is 0 Å². The molecule has 0 fully saturated rings. The fourth-order valence-corrected chi connectivity index (χ4v) is 13.0. The minimum atomic E-state index is -0.401. The molecule has 0 spiro atoms. The van der Waals surface area contributed by atoms with E-state index in [1.54, 1.807) is 12.1 Å². The molecule has 2 aliphatic rings. The predicted octanol–water partition coefficient (Wildman–Crippen LogP) is 24.0. The fraction of sp³-hybridized carbons (Fsp3) is 0.429. The van der Waals surface area contributed by atoms with E-state index in [9.17, 15) is 10.1 Å². The molecule has 3 aromatic heterocycles. The molecule has 8 bridgehead atoms. The van der Waals surface area contributed by atoms with Gasteiger partial charge in [0.1, 0.15) is 0 Å². The molecule has 7 aromatic rings. The smallest absolute Gasteiger partial charge is 0.269 e. The SMILES string of the molecule is CCCCCCCCCCCCCCCCCCN(CCCCCCCCCCCCCCCCCC)c1ccc(C#Cc2c3ccc([nH]3)c(-c3ccccc3)c3nc(c(C#Cc4ccc([N+](=O)[O-])cc4)c4nc(c(-c5ccccc5)c5ccc2[nH]5)C=C4)C=C3)cc1. The number of non-ortho nitro benzene ring substituents is 1. The summed E-state index contributed by atoms with van der Waals surface area (Å²) in [6, 6.07) is 44.6. The summed E-state index contributed by atoms with van der Waals surface area (Å²) in [4.78, 5) is 32.1. The van der Waals surface area contributed by atoms with Crippen molar-refractivity contribution in [3.63, 3.8) is 0 Å². The Morgan fingerprint density at radius 1 is 0.359 bits per heavy atom. The second kappa shape index (κ2) is 38.6. The van der Waals surface area contributed by atoms with Crippen LogP contribution in [-0.2, 0) is 0 Å². The first kappa shape index (κ1) is 68.2. The Bertz CT molecular complexity index is 3560. The third kappa shape index (κ3) is 21.4. The monoisotopic (exact) mass is 1230 g/mol. The molecule has 0 saturated carbocycles. The molecule has 4 aromatic carbocycles. The summed E-state index contributed by atoms with van der Waals surface area (Å²) in [6.07, 6.45) is 52.3. The highest BCUT2D eigenvalue weighted by atomic mass is 16.6. The summed E-state index contributed by atoms with van der Waals surface area (Å²) >= 11 is 0. The number of nitro benzene ring substituents is 1. The van der Waals surface area contributed by atoms with Crippen molar-refractivity contribution in [1.82, 2.24) is 19.9 Å². The molecule has 0 unspecified atom stereocenters. The lowest BCUT2D eigenvalue weighted by atomic mass is 10.0. The van der Waals surface area contributed by atoms with Crippen molar-refractivity contribution < 1.29 is 4.92 Å². The van der Waals surface area contributed by atoms with Gasteiger partial charge in [-0.05, 0) is 109 Å². The van der Waals surface area contributed by atoms with E-state index in [1.807, 2.05) is 36.4 Å². The number of nitro groups is 1. The van der Waals surface area contributed by atoms with Gasteiger partial charge in [-0.3, -0.25) is 10.1 Å². The first-order valence-corrected chi connectivity index (χ1v) is 35.9. The van der Waals surface area contributed by atoms with Crippen molar-refractivity contribution in [2.75, 3.05) is 18.0 Å². The highest BCUT2D eigenvalue weighted by Crippen LogP contribution is 2.35. The minimum absolute atomic E-state index is 0.0139. The van der Waals surface area contributed by atoms with E-state index in [4.69, 9.17) is 9.97 Å². The molecule has 0 radical (unpaired) electrons. The molecular formula is C84H102N6O2. The molecule has 8 heteroatoms. The van der Waals surface area contributed by atoms with Gasteiger partial charge in [-0.2, -0.15) is 0 Å². The number of aromatic amines is 2. The average molecular weight is 1230 g/mol. The summed E-state index contributed by atoms with van der Waals surface area (Å²) in [7, 11) is 0. The van der Waals surface area contributed by atoms with Crippen LogP contribution < -0.4 is 4.90 Å². The third-order valence-electron chi connectivity index (χ3n) is 18.4. The summed E-state index contributed by atoms with van der Waals surface area (Å²) in [5.74, 6) is 14.0. The minimum Gasteiger partial charge on any atom is -0.372 e. The fourth-order valence-electron chi connectivity index (χ4n) is 13.0. The second-order valence-electron chi connectivity index (χ2n) is 25.7. The molecule has 0 amide bonds. The standard InChI is InChI=1S/C84H102N6O2/c1-3-5-7-9-11-13-15-17-19-21-23-25-27-29-31-39-65-89(66-40-32-30-28-26-24-22-20-18-16-14-12-10-8-6-4-2)71-51-45-67(46-52-71)49-55-73-75-57-61-79(85-75)83(69-41-35-33-36-42-69)81-63-59-77(87-81)74(56-50-68-47-53-72(54-48-68)90(91)92)78-60-64-82(88-78)84(70-43-37-34-38-44-70)80-62-58-76(73)86-80/h33-38,41-48,51-54,57-64,85-86H,3-32,39-40,65-66H2,1-2H3. The number of rotatable bonds is 38. The first-order valence-electron chi connectivity index (χ1n) is 35.9. The third-order valence-corrected chi connectivity index (χ3v) is 18.4. The van der Waals surface area contributed by atoms with E-state index in [0.717, 1.165) is 79.9 Å². The molecular weight excluding hydrogens is 1120 g/mol. The Labute approximate surface area is 551 Å². The summed E-state index contributed by atoms with van der Waals surface area (Å²) in [5.41, 5.74) is 14.7. The van der Waals surface area contributed by atoms with E-state index in [1.165, 1.54) is 223 Å². The largest absolute Gasteiger partial charge is 0.372 e. The number of unbranched alkanes of at least 4 members (excludes halogenated alkanes) is 30. The molecule has 8 nitrogen and oxygen atoms in total. The highest BCUT2D eigenvalue weighted by Gasteiger charge is 2.18. The lowest BCUT2D eigenvalue weighted by Gasteiger charge is -2.25. The van der Waals surface area contributed by atoms with Crippen LogP contribution in [0.25, 0.3) is 68.6 Å². The number of nitrogens with zero attached hydrogens (tertiary/aromatic N) is 4. The van der Waals surface area contributed by atoms with Gasteiger partial charge in [-0.1, -0.05) is 291 Å². The predicted molar refractivity (Wildman–Crippen MR) is 393 cm³/mol. The van der Waals surface area contributed by atoms with Gasteiger partial charge in [0.15, 0.2) is 0 Å². The molecule has 92 heavy (non-hydrogen) atoms. The Hall–Kier alpha value is -8.20. The van der Waals surface area contributed by atoms with Gasteiger partial charge < -0.3 is 14.9 Å². The number of benzene rings is 4. The van der Waals surface area contributed by atoms with Gasteiger partial charge in [-0.25, -0.2) is 9.97 Å². The van der Waals surface area contributed by atoms with Gasteiger partial charge in [0.05, 0.1) is 49.9 Å². The van der Waals surface area contributed by atoms with Crippen molar-refractivity contribution in [3.05, 3.63) is 189 Å². The van der Waals surface area contributed by atoms with Crippen LogP contribution in [0.1, 0.15) is 264 Å². The number of anilines is 1. The van der Waals surface area contributed by atoms with E-state index < -0.39 is 4.92 Å². The van der Waals surface area contributed by atoms with Gasteiger partial charge in [-0.15, -0.1) is 0 Å². The van der Waals surface area contributed by atoms with Crippen molar-refractivity contribution in [2.45, 2.75) is 219 Å². The van der Waals surface area contributed by atoms with E-state index in [0.29, 0.717) is 22.5 Å². The number of H-pyrrole nitrogens is 2. The van der Waals surface area contributed by atoms with Gasteiger partial charge >= 0.3 is 0 Å². The normalized spacial score (nSPS) is 11.6. The Morgan fingerprint density at radius 3 is 1.05 bits per heavy atom. The molecule has 0 atom stereocenters. The zero-order valence-electron chi connectivity index (χ0n) is 55.7. The quantitative estimate of drug-likeness (QED) is 0.0174. The van der Waals surface area contributed by atoms with Crippen molar-refractivity contribution in [1.29, 1.82) is 0 Å². The van der Waals surface area contributed by atoms with Crippen LogP contribution in [0.5, 0.6) is 0 Å². The van der Waals surface area contributed by atoms with Crippen LogP contribution in [0.4, 0.5) is 11.4 Å². The summed E-state index contributed by atoms with van der Waals surface area (Å²) in [6.45, 7) is 6.79. The summed E-state index contributed by atoms with van der Waals surface area (Å²) < 4.78 is 0. The molecule has 5 heterocycles. The van der Waals surface area contributed by atoms with E-state index >= 15 is 0 Å². The lowest BCUT2D eigenvalue weighted by Crippen LogP contribution is -2.25. The average Bonchev–Trinajstić information content (AvgIpc) is 1.70. The van der Waals surface area contributed by atoms with Crippen LogP contribution in [0, 0.1) is 33.8 Å². The summed E-state index contributed by atoms with van der Waals surface area (Å²) in [5, 5.41) is 11.5. The molecule has 0 aliphatic carbocycles. The Kier molecular flexibility index (Phi) is 28.6. The van der Waals surface area contributed by atoms with Gasteiger partial charge in [0.2, 0.25) is 0 Å². The highest BCUT2D eigenvalue weighted by molar-refractivity contribution is 5.95. The zero-order chi connectivity index (χ0) is 63.6. The van der Waals surface area contributed by atoms with Crippen molar-refractivity contribution in [3.8, 4) is 45.9 Å². The number of nitrogens with one attached hydrogen (secondary N) is 2. The maximum atomic E-state index is 11.5. The molecule has 480 valence electrons. The topological polar surface area (TPSA) is 104 Å². The Morgan fingerprint density at radius 2 is 0.685 bits per heavy atom. The van der Waals surface area contributed by atoms with Crippen LogP contribution in [0.2, 0.25) is 0 Å². The van der Waals surface area contributed by atoms with Crippen molar-refractivity contribution >= 4 is 57.7 Å². The number of aromatic nitrogens is 4. The van der Waals surface area contributed by atoms with E-state index in [2.05, 4.69) is 149 Å². The van der Waals surface area contributed by atoms with Crippen LogP contribution in [0.3, 0.4) is 0 Å². The first-order chi connectivity index (χ1) is 45.4. The molecule has 2 N–H and O–H groups in total. The van der Waals surface area contributed by atoms with Crippen LogP contribution in [-0.4, -0.2) is 37.9 Å². The van der Waals surface area contributed by atoms with Gasteiger partial charge in [0.25, 0.3) is 5.69 Å². The number of hydrogen-bond acceptors (Lipinski definition) is 5. The second-order valence-corrected chi connectivity index (χ2v) is 25.7. The molecule has 9 rings (SSSR count). The number of fused-ring (bicyclic) bond motifs is 8. The van der Waals surface area contributed by atoms with Gasteiger partial charge in [0, 0.05) is 64.2 Å². The molecule has 2 aliphatic heterocycles. The van der Waals surface area contributed by atoms with Crippen molar-refractivity contribution in [2.24, 2.45) is 0 Å². The molecule has 0 saturated heterocycles. The van der Waals surface area contributed by atoms with E-state index in [-0.39, 0.29) is 5.69 Å².